The molecule has 6 nitrogen and oxygen atoms in total. The van der Waals surface area contributed by atoms with E-state index < -0.39 is 14.7 Å². The summed E-state index contributed by atoms with van der Waals surface area (Å²) in [6, 6.07) is 15.0. The number of methoxy groups -OCH3 is 1. The highest BCUT2D eigenvalue weighted by Gasteiger charge is 2.24. The van der Waals surface area contributed by atoms with Crippen molar-refractivity contribution in [3.05, 3.63) is 84.2 Å². The number of halogens is 1. The SMILES string of the molecule is COCCCn1c(=O)/c(=C\c2ccc(Cl)cc2)s/c1=C(/C#N)S(=O)(=O)c1ccc(C)cc1. The average Bonchev–Trinajstić information content (AvgIpc) is 3.06. The summed E-state index contributed by atoms with van der Waals surface area (Å²) in [7, 11) is -2.56. The van der Waals surface area contributed by atoms with Gasteiger partial charge in [-0.25, -0.2) is 8.42 Å². The third-order valence-corrected chi connectivity index (χ3v) is 7.93. The number of benzene rings is 2. The lowest BCUT2D eigenvalue weighted by atomic mass is 10.2. The van der Waals surface area contributed by atoms with Crippen LogP contribution < -0.4 is 14.8 Å². The molecule has 0 spiro atoms. The molecule has 0 aliphatic rings. The number of thiazole rings is 1. The molecule has 2 aromatic carbocycles. The summed E-state index contributed by atoms with van der Waals surface area (Å²) in [5.74, 6) is 0. The van der Waals surface area contributed by atoms with Crippen molar-refractivity contribution in [1.29, 1.82) is 5.26 Å². The molecule has 0 saturated carbocycles. The van der Waals surface area contributed by atoms with Crippen molar-refractivity contribution in [3.63, 3.8) is 0 Å². The molecule has 1 aromatic heterocycles. The summed E-state index contributed by atoms with van der Waals surface area (Å²) in [5, 5.41) is 10.4. The van der Waals surface area contributed by atoms with Crippen LogP contribution in [0.1, 0.15) is 17.5 Å². The zero-order valence-corrected chi connectivity index (χ0v) is 19.9. The maximum absolute atomic E-state index is 13.3. The number of nitriles is 1. The maximum atomic E-state index is 13.3. The standard InChI is InChI=1S/C23H21ClN2O4S2/c1-16-4-10-19(11-5-16)32(28,29)21(15-25)23-26(12-3-13-30-2)22(27)20(31-23)14-17-6-8-18(24)9-7-17/h4-11,14H,3,12-13H2,1-2H3/b20-14+,23-21-. The fraction of sp³-hybridized carbons (Fsp3) is 0.217. The second-order valence-electron chi connectivity index (χ2n) is 7.03. The number of hydrogen-bond acceptors (Lipinski definition) is 6. The molecule has 0 bridgehead atoms. The van der Waals surface area contributed by atoms with Gasteiger partial charge in [0, 0.05) is 25.3 Å². The second-order valence-corrected chi connectivity index (χ2v) is 10.4. The first-order chi connectivity index (χ1) is 15.3. The second kappa shape index (κ2) is 10.3. The molecular formula is C23H21ClN2O4S2. The van der Waals surface area contributed by atoms with Crippen molar-refractivity contribution in [2.75, 3.05) is 13.7 Å². The third kappa shape index (κ3) is 5.19. The van der Waals surface area contributed by atoms with Gasteiger partial charge >= 0.3 is 0 Å². The summed E-state index contributed by atoms with van der Waals surface area (Å²) >= 11 is 6.91. The van der Waals surface area contributed by atoms with Gasteiger partial charge in [-0.3, -0.25) is 9.36 Å². The smallest absolute Gasteiger partial charge is 0.269 e. The Morgan fingerprint density at radius 1 is 1.19 bits per heavy atom. The normalized spacial score (nSPS) is 13.1. The van der Waals surface area contributed by atoms with E-state index in [-0.39, 0.29) is 21.7 Å². The van der Waals surface area contributed by atoms with Gasteiger partial charge in [-0.2, -0.15) is 5.26 Å². The summed E-state index contributed by atoms with van der Waals surface area (Å²) in [6.07, 6.45) is 2.15. The van der Waals surface area contributed by atoms with Gasteiger partial charge in [0.1, 0.15) is 10.7 Å². The van der Waals surface area contributed by atoms with E-state index in [1.807, 2.05) is 13.0 Å². The minimum Gasteiger partial charge on any atom is -0.385 e. The van der Waals surface area contributed by atoms with E-state index in [1.54, 1.807) is 49.6 Å². The summed E-state index contributed by atoms with van der Waals surface area (Å²) in [5.41, 5.74) is 1.28. The number of hydrogen-bond donors (Lipinski definition) is 0. The molecule has 3 rings (SSSR count). The van der Waals surface area contributed by atoms with E-state index in [2.05, 4.69) is 0 Å². The van der Waals surface area contributed by atoms with Crippen molar-refractivity contribution in [3.8, 4) is 6.07 Å². The minimum absolute atomic E-state index is 0.00664. The largest absolute Gasteiger partial charge is 0.385 e. The Bertz CT molecular complexity index is 1430. The molecule has 0 unspecified atom stereocenters. The lowest BCUT2D eigenvalue weighted by Gasteiger charge is -2.05. The van der Waals surface area contributed by atoms with Gasteiger partial charge < -0.3 is 4.74 Å². The van der Waals surface area contributed by atoms with Crippen LogP contribution in [0.4, 0.5) is 0 Å². The molecular weight excluding hydrogens is 468 g/mol. The Morgan fingerprint density at radius 3 is 2.44 bits per heavy atom. The highest BCUT2D eigenvalue weighted by molar-refractivity contribution is 8.00. The van der Waals surface area contributed by atoms with Crippen LogP contribution in [0.25, 0.3) is 11.0 Å². The molecule has 0 radical (unpaired) electrons. The first-order valence-corrected chi connectivity index (χ1v) is 12.4. The quantitative estimate of drug-likeness (QED) is 0.477. The lowest BCUT2D eigenvalue weighted by molar-refractivity contribution is 0.190. The van der Waals surface area contributed by atoms with Gasteiger partial charge in [0.15, 0.2) is 4.91 Å². The van der Waals surface area contributed by atoms with Crippen molar-refractivity contribution in [2.45, 2.75) is 24.8 Å². The van der Waals surface area contributed by atoms with Gasteiger partial charge in [0.25, 0.3) is 5.56 Å². The predicted molar refractivity (Wildman–Crippen MR) is 127 cm³/mol. The molecule has 3 aromatic rings. The number of rotatable bonds is 7. The van der Waals surface area contributed by atoms with Gasteiger partial charge in [-0.05, 0) is 49.2 Å². The van der Waals surface area contributed by atoms with Crippen LogP contribution in [0.3, 0.4) is 0 Å². The van der Waals surface area contributed by atoms with Crippen LogP contribution in [-0.4, -0.2) is 26.7 Å². The van der Waals surface area contributed by atoms with Crippen LogP contribution in [0.15, 0.2) is 58.2 Å². The average molecular weight is 489 g/mol. The van der Waals surface area contributed by atoms with Crippen molar-refractivity contribution in [2.24, 2.45) is 0 Å². The summed E-state index contributed by atoms with van der Waals surface area (Å²) in [4.78, 5) is 12.7. The van der Waals surface area contributed by atoms with E-state index in [4.69, 9.17) is 16.3 Å². The molecule has 0 fully saturated rings. The monoisotopic (exact) mass is 488 g/mol. The summed E-state index contributed by atoms with van der Waals surface area (Å²) < 4.78 is 33.4. The number of ether oxygens (including phenoxy) is 1. The van der Waals surface area contributed by atoms with Crippen molar-refractivity contribution < 1.29 is 13.2 Å². The van der Waals surface area contributed by atoms with Gasteiger partial charge in [0.05, 0.1) is 9.43 Å². The highest BCUT2D eigenvalue weighted by Crippen LogP contribution is 2.19. The lowest BCUT2D eigenvalue weighted by Crippen LogP contribution is -2.33. The zero-order valence-electron chi connectivity index (χ0n) is 17.5. The number of aromatic nitrogens is 1. The molecule has 0 amide bonds. The number of sulfone groups is 1. The van der Waals surface area contributed by atoms with Gasteiger partial charge in [0.2, 0.25) is 9.84 Å². The van der Waals surface area contributed by atoms with E-state index in [9.17, 15) is 18.5 Å². The molecule has 1 heterocycles. The Morgan fingerprint density at radius 2 is 1.84 bits per heavy atom. The Labute approximate surface area is 195 Å². The number of aryl methyl sites for hydroxylation is 1. The molecule has 32 heavy (non-hydrogen) atoms. The molecule has 0 saturated heterocycles. The van der Waals surface area contributed by atoms with E-state index in [1.165, 1.54) is 16.7 Å². The van der Waals surface area contributed by atoms with Crippen LogP contribution in [0.2, 0.25) is 5.02 Å². The van der Waals surface area contributed by atoms with Crippen LogP contribution in [-0.2, 0) is 21.1 Å². The van der Waals surface area contributed by atoms with Crippen molar-refractivity contribution >= 4 is 43.8 Å². The van der Waals surface area contributed by atoms with Crippen LogP contribution >= 0.6 is 22.9 Å². The van der Waals surface area contributed by atoms with Crippen LogP contribution in [0.5, 0.6) is 0 Å². The molecule has 9 heteroatoms. The maximum Gasteiger partial charge on any atom is 0.269 e. The zero-order chi connectivity index (χ0) is 23.3. The minimum atomic E-state index is -4.11. The third-order valence-electron chi connectivity index (χ3n) is 4.70. The first-order valence-electron chi connectivity index (χ1n) is 9.70. The van der Waals surface area contributed by atoms with E-state index in [0.717, 1.165) is 22.5 Å². The predicted octanol–water partition coefficient (Wildman–Crippen LogP) is 2.84. The highest BCUT2D eigenvalue weighted by atomic mass is 35.5. The molecule has 0 atom stereocenters. The molecule has 0 aliphatic heterocycles. The topological polar surface area (TPSA) is 89.2 Å². The van der Waals surface area contributed by atoms with E-state index >= 15 is 0 Å². The fourth-order valence-corrected chi connectivity index (χ4v) is 5.82. The molecule has 0 aliphatic carbocycles. The van der Waals surface area contributed by atoms with E-state index in [0.29, 0.717) is 22.6 Å². The molecule has 166 valence electrons. The Kier molecular flexibility index (Phi) is 7.69. The Balaban J connectivity index is 2.29. The van der Waals surface area contributed by atoms with Crippen LogP contribution in [0, 0.1) is 18.3 Å². The van der Waals surface area contributed by atoms with Gasteiger partial charge in [-0.15, -0.1) is 11.3 Å². The molecule has 0 N–H and O–H groups in total. The summed E-state index contributed by atoms with van der Waals surface area (Å²) in [6.45, 7) is 2.46. The number of nitrogens with zero attached hydrogens (tertiary/aromatic N) is 2. The fourth-order valence-electron chi connectivity index (χ4n) is 3.03. The van der Waals surface area contributed by atoms with Crippen molar-refractivity contribution in [1.82, 2.24) is 4.57 Å². The first kappa shape index (κ1) is 24.0. The Hall–Kier alpha value is -2.70. The van der Waals surface area contributed by atoms with Gasteiger partial charge in [-0.1, -0.05) is 41.4 Å².